The van der Waals surface area contributed by atoms with Gasteiger partial charge >= 0.3 is 5.91 Å². The van der Waals surface area contributed by atoms with Crippen molar-refractivity contribution < 1.29 is 23.7 Å². The van der Waals surface area contributed by atoms with Crippen LogP contribution in [0.1, 0.15) is 101 Å². The molecule has 1 aliphatic carbocycles. The fourth-order valence-electron chi connectivity index (χ4n) is 5.61. The first-order valence-electron chi connectivity index (χ1n) is 15.9. The van der Waals surface area contributed by atoms with Crippen LogP contribution >= 0.6 is 0 Å². The van der Waals surface area contributed by atoms with Gasteiger partial charge in [-0.25, -0.2) is 14.8 Å². The third kappa shape index (κ3) is 7.61. The molecule has 2 aromatic heterocycles. The van der Waals surface area contributed by atoms with Crippen molar-refractivity contribution in [2.24, 2.45) is 0 Å². The zero-order valence-electron chi connectivity index (χ0n) is 27.5. The van der Waals surface area contributed by atoms with Crippen LogP contribution < -0.4 is 15.4 Å². The Balaban J connectivity index is 1.45. The summed E-state index contributed by atoms with van der Waals surface area (Å²) in [6.45, 7) is 11.7. The maximum absolute atomic E-state index is 13.4. The van der Waals surface area contributed by atoms with Gasteiger partial charge in [-0.2, -0.15) is 4.58 Å². The van der Waals surface area contributed by atoms with Gasteiger partial charge in [0, 0.05) is 50.0 Å². The summed E-state index contributed by atoms with van der Waals surface area (Å²) in [5.74, 6) is 1.10. The molecule has 1 saturated carbocycles. The number of amides is 3. The lowest BCUT2D eigenvalue weighted by molar-refractivity contribution is -0.457. The van der Waals surface area contributed by atoms with Gasteiger partial charge < -0.3 is 15.4 Å². The fraction of sp³-hybridized carbons (Fsp3) is 0.471. The molecule has 0 radical (unpaired) electrons. The highest BCUT2D eigenvalue weighted by atomic mass is 16.5. The van der Waals surface area contributed by atoms with Crippen molar-refractivity contribution in [1.29, 1.82) is 0 Å². The SMILES string of the molecule is CCCC(=O)[N+]1=C(C)CN(C[C@@H](Oc2cc(C)c(C(=O)Nc3nc(C)ncc3C)cc2C(=O)NC)c2cnc(C3CC3)cn2)CC1. The lowest BCUT2D eigenvalue weighted by Crippen LogP contribution is -2.47. The van der Waals surface area contributed by atoms with E-state index < -0.39 is 12.0 Å². The summed E-state index contributed by atoms with van der Waals surface area (Å²) in [4.78, 5) is 59.4. The summed E-state index contributed by atoms with van der Waals surface area (Å²) in [5.41, 5.74) is 4.51. The van der Waals surface area contributed by atoms with E-state index in [9.17, 15) is 14.4 Å². The Morgan fingerprint density at radius 2 is 1.78 bits per heavy atom. The second kappa shape index (κ2) is 14.2. The number of ether oxygens (including phenoxy) is 1. The first kappa shape index (κ1) is 32.8. The highest BCUT2D eigenvalue weighted by Crippen LogP contribution is 2.38. The van der Waals surface area contributed by atoms with Crippen molar-refractivity contribution in [2.75, 3.05) is 38.5 Å². The van der Waals surface area contributed by atoms with Crippen LogP contribution in [-0.2, 0) is 4.79 Å². The molecule has 0 spiro atoms. The maximum atomic E-state index is 13.4. The minimum atomic E-state index is -0.569. The van der Waals surface area contributed by atoms with Crippen molar-refractivity contribution in [3.63, 3.8) is 0 Å². The predicted molar refractivity (Wildman–Crippen MR) is 174 cm³/mol. The van der Waals surface area contributed by atoms with Crippen LogP contribution in [0, 0.1) is 20.8 Å². The smallest absolute Gasteiger partial charge is 0.386 e. The Morgan fingerprint density at radius 1 is 1.00 bits per heavy atom. The van der Waals surface area contributed by atoms with Crippen molar-refractivity contribution in [3.05, 3.63) is 70.2 Å². The number of rotatable bonds is 11. The molecule has 2 aliphatic rings. The number of anilines is 1. The standard InChI is InChI=1S/C34H42N8O4/c1-7-8-31(43)42-12-11-41(18-22(42)4)19-30(28-17-37-27(16-38-28)24-9-10-24)46-29-13-20(2)25(14-26(29)33(44)35-6)34(45)40-32-21(3)15-36-23(5)39-32/h13-17,24,30H,7-12,18-19H2,1-6H3,(H-,35,36,39,40,44,45)/p+1/t30-/m1/s1. The highest BCUT2D eigenvalue weighted by molar-refractivity contribution is 6.07. The van der Waals surface area contributed by atoms with Crippen LogP contribution in [0.3, 0.4) is 0 Å². The summed E-state index contributed by atoms with van der Waals surface area (Å²) in [5, 5.41) is 5.53. The number of hydrogen-bond donors (Lipinski definition) is 2. The molecule has 3 heterocycles. The molecule has 1 atom stereocenters. The summed E-state index contributed by atoms with van der Waals surface area (Å²) in [6.07, 6.45) is 8.24. The van der Waals surface area contributed by atoms with Crippen LogP contribution in [0.2, 0.25) is 0 Å². The molecular weight excluding hydrogens is 584 g/mol. The van der Waals surface area contributed by atoms with Crippen LogP contribution in [0.5, 0.6) is 5.75 Å². The number of nitrogens with one attached hydrogen (secondary N) is 2. The Bertz CT molecular complexity index is 1670. The van der Waals surface area contributed by atoms with E-state index in [4.69, 9.17) is 9.72 Å². The first-order chi connectivity index (χ1) is 22.1. The molecule has 1 aromatic carbocycles. The Kier molecular flexibility index (Phi) is 10.2. The average Bonchev–Trinajstić information content (AvgIpc) is 3.88. The van der Waals surface area contributed by atoms with Crippen molar-refractivity contribution in [1.82, 2.24) is 30.2 Å². The summed E-state index contributed by atoms with van der Waals surface area (Å²) < 4.78 is 8.52. The van der Waals surface area contributed by atoms with Crippen molar-refractivity contribution in [3.8, 4) is 5.75 Å². The third-order valence-corrected chi connectivity index (χ3v) is 8.40. The van der Waals surface area contributed by atoms with E-state index in [0.717, 1.165) is 36.2 Å². The molecule has 12 heteroatoms. The van der Waals surface area contributed by atoms with Gasteiger partial charge in [-0.05, 0) is 57.7 Å². The molecule has 0 unspecified atom stereocenters. The Morgan fingerprint density at radius 3 is 2.43 bits per heavy atom. The van der Waals surface area contributed by atoms with Gasteiger partial charge in [0.1, 0.15) is 23.1 Å². The minimum absolute atomic E-state index is 0.147. The quantitative estimate of drug-likeness (QED) is 0.303. The second-order valence-corrected chi connectivity index (χ2v) is 12.2. The lowest BCUT2D eigenvalue weighted by Gasteiger charge is -2.29. The van der Waals surface area contributed by atoms with E-state index in [0.29, 0.717) is 72.7 Å². The molecule has 5 rings (SSSR count). The molecule has 1 fully saturated rings. The molecular formula is C34H43N8O4+. The first-order valence-corrected chi connectivity index (χ1v) is 15.9. The molecule has 2 N–H and O–H groups in total. The summed E-state index contributed by atoms with van der Waals surface area (Å²) >= 11 is 0. The zero-order chi connectivity index (χ0) is 33.0. The second-order valence-electron chi connectivity index (χ2n) is 12.2. The largest absolute Gasteiger partial charge is 0.482 e. The van der Waals surface area contributed by atoms with Crippen LogP contribution in [0.15, 0.2) is 30.7 Å². The van der Waals surface area contributed by atoms with E-state index in [1.54, 1.807) is 38.4 Å². The van der Waals surface area contributed by atoms with Gasteiger partial charge in [0.2, 0.25) is 0 Å². The topological polar surface area (TPSA) is 142 Å². The molecule has 12 nitrogen and oxygen atoms in total. The fourth-order valence-corrected chi connectivity index (χ4v) is 5.61. The third-order valence-electron chi connectivity index (χ3n) is 8.40. The maximum Gasteiger partial charge on any atom is 0.386 e. The molecule has 0 bridgehead atoms. The number of aromatic nitrogens is 4. The molecule has 3 amide bonds. The van der Waals surface area contributed by atoms with Crippen LogP contribution in [0.4, 0.5) is 5.82 Å². The van der Waals surface area contributed by atoms with Crippen LogP contribution in [0.25, 0.3) is 0 Å². The van der Waals surface area contributed by atoms with E-state index in [1.165, 1.54) is 7.05 Å². The normalized spacial score (nSPS) is 15.8. The number of aryl methyl sites for hydroxylation is 3. The monoisotopic (exact) mass is 627 g/mol. The van der Waals surface area contributed by atoms with Gasteiger partial charge in [0.15, 0.2) is 18.4 Å². The zero-order valence-corrected chi connectivity index (χ0v) is 27.5. The molecule has 46 heavy (non-hydrogen) atoms. The number of carbonyl (C=O) groups excluding carboxylic acids is 3. The van der Waals surface area contributed by atoms with E-state index in [-0.39, 0.29) is 17.4 Å². The molecule has 242 valence electrons. The Hall–Kier alpha value is -4.58. The van der Waals surface area contributed by atoms with Crippen molar-refractivity contribution >= 4 is 29.3 Å². The van der Waals surface area contributed by atoms with Gasteiger partial charge in [-0.3, -0.25) is 24.5 Å². The number of benzene rings is 1. The molecule has 3 aromatic rings. The number of nitrogens with zero attached hydrogens (tertiary/aromatic N) is 6. The predicted octanol–water partition coefficient (Wildman–Crippen LogP) is 3.92. The van der Waals surface area contributed by atoms with Gasteiger partial charge in [-0.15, -0.1) is 0 Å². The summed E-state index contributed by atoms with van der Waals surface area (Å²) in [6, 6.07) is 3.27. The van der Waals surface area contributed by atoms with Crippen LogP contribution in [-0.4, -0.2) is 86.1 Å². The Labute approximate surface area is 269 Å². The average molecular weight is 628 g/mol. The van der Waals surface area contributed by atoms with Crippen molar-refractivity contribution in [2.45, 2.75) is 72.3 Å². The summed E-state index contributed by atoms with van der Waals surface area (Å²) in [7, 11) is 1.54. The van der Waals surface area contributed by atoms with E-state index in [2.05, 4.69) is 30.5 Å². The van der Waals surface area contributed by atoms with Gasteiger partial charge in [0.25, 0.3) is 11.8 Å². The number of carbonyl (C=O) groups is 3. The minimum Gasteiger partial charge on any atom is -0.482 e. The number of hydrogen-bond acceptors (Lipinski definition) is 9. The molecule has 1 aliphatic heterocycles. The van der Waals surface area contributed by atoms with E-state index >= 15 is 0 Å². The van der Waals surface area contributed by atoms with Gasteiger partial charge in [-0.1, -0.05) is 6.92 Å². The van der Waals surface area contributed by atoms with E-state index in [1.807, 2.05) is 31.5 Å². The van der Waals surface area contributed by atoms with Gasteiger partial charge in [0.05, 0.1) is 37.0 Å². The molecule has 0 saturated heterocycles. The lowest BCUT2D eigenvalue weighted by atomic mass is 10.0. The highest BCUT2D eigenvalue weighted by Gasteiger charge is 2.32.